The van der Waals surface area contributed by atoms with Crippen LogP contribution in [0, 0.1) is 5.92 Å². The van der Waals surface area contributed by atoms with Crippen molar-refractivity contribution < 1.29 is 9.90 Å². The molecule has 1 N–H and O–H groups in total. The van der Waals surface area contributed by atoms with Gasteiger partial charge in [-0.15, -0.1) is 0 Å². The van der Waals surface area contributed by atoms with E-state index in [0.717, 1.165) is 11.1 Å². The fraction of sp³-hybridized carbons (Fsp3) is 0.320. The van der Waals surface area contributed by atoms with E-state index in [9.17, 15) is 9.90 Å². The molecule has 1 aliphatic rings. The van der Waals surface area contributed by atoms with Crippen molar-refractivity contribution in [1.29, 1.82) is 0 Å². The van der Waals surface area contributed by atoms with Crippen LogP contribution in [0.4, 0.5) is 0 Å². The van der Waals surface area contributed by atoms with Gasteiger partial charge in [-0.05, 0) is 38.8 Å². The maximum atomic E-state index is 13.5. The lowest BCUT2D eigenvalue weighted by atomic mass is 9.73. The van der Waals surface area contributed by atoms with Gasteiger partial charge in [0.15, 0.2) is 0 Å². The molecule has 146 valence electrons. The number of allylic oxidation sites excluding steroid dienone is 2. The number of nitrogens with zero attached hydrogens (tertiary/aromatic N) is 1. The van der Waals surface area contributed by atoms with Gasteiger partial charge in [0, 0.05) is 23.6 Å². The van der Waals surface area contributed by atoms with Gasteiger partial charge in [-0.25, -0.2) is 0 Å². The zero-order chi connectivity index (χ0) is 20.3. The Labute approximate surface area is 168 Å². The number of hydrogen-bond acceptors (Lipinski definition) is 2. The van der Waals surface area contributed by atoms with E-state index in [0.29, 0.717) is 5.57 Å². The Hall–Kier alpha value is -2.65. The van der Waals surface area contributed by atoms with E-state index in [-0.39, 0.29) is 18.0 Å². The summed E-state index contributed by atoms with van der Waals surface area (Å²) in [5, 5.41) is 12.1. The summed E-state index contributed by atoms with van der Waals surface area (Å²) in [7, 11) is 0. The molecule has 3 rings (SSSR count). The number of rotatable bonds is 6. The van der Waals surface area contributed by atoms with Gasteiger partial charge >= 0.3 is 0 Å². The highest BCUT2D eigenvalue weighted by molar-refractivity contribution is 5.96. The van der Waals surface area contributed by atoms with E-state index in [1.54, 1.807) is 0 Å². The molecule has 0 saturated heterocycles. The Balaban J connectivity index is 2.10. The van der Waals surface area contributed by atoms with Crippen LogP contribution in [-0.2, 0) is 10.4 Å². The van der Waals surface area contributed by atoms with E-state index >= 15 is 0 Å². The zero-order valence-electron chi connectivity index (χ0n) is 17.0. The van der Waals surface area contributed by atoms with Gasteiger partial charge in [-0.2, -0.15) is 0 Å². The van der Waals surface area contributed by atoms with Crippen LogP contribution in [0.15, 0.2) is 84.5 Å². The Morgan fingerprint density at radius 2 is 1.36 bits per heavy atom. The average molecular weight is 376 g/mol. The van der Waals surface area contributed by atoms with Crippen molar-refractivity contribution in [1.82, 2.24) is 4.90 Å². The summed E-state index contributed by atoms with van der Waals surface area (Å²) in [5.41, 5.74) is 0.850. The minimum absolute atomic E-state index is 0.0229. The third-order valence-electron chi connectivity index (χ3n) is 5.39. The minimum atomic E-state index is -1.32. The number of carbonyl (C=O) groups is 1. The first-order valence-electron chi connectivity index (χ1n) is 9.91. The maximum Gasteiger partial charge on any atom is 0.250 e. The summed E-state index contributed by atoms with van der Waals surface area (Å²) in [4.78, 5) is 15.3. The molecule has 28 heavy (non-hydrogen) atoms. The molecule has 0 radical (unpaired) electrons. The lowest BCUT2D eigenvalue weighted by Crippen LogP contribution is -2.46. The van der Waals surface area contributed by atoms with Crippen LogP contribution in [0.25, 0.3) is 0 Å². The Kier molecular flexibility index (Phi) is 5.85. The van der Waals surface area contributed by atoms with Gasteiger partial charge in [0.05, 0.1) is 0 Å². The number of benzene rings is 2. The molecule has 3 heteroatoms. The van der Waals surface area contributed by atoms with E-state index in [1.807, 2.05) is 111 Å². The predicted octanol–water partition coefficient (Wildman–Crippen LogP) is 4.68. The van der Waals surface area contributed by atoms with Crippen molar-refractivity contribution in [3.63, 3.8) is 0 Å². The monoisotopic (exact) mass is 375 g/mol. The van der Waals surface area contributed by atoms with Crippen LogP contribution < -0.4 is 0 Å². The second kappa shape index (κ2) is 8.15. The third-order valence-corrected chi connectivity index (χ3v) is 5.39. The molecular weight excluding hydrogens is 346 g/mol. The maximum absolute atomic E-state index is 13.5. The van der Waals surface area contributed by atoms with Gasteiger partial charge in [0.2, 0.25) is 0 Å². The second-order valence-corrected chi connectivity index (χ2v) is 7.88. The van der Waals surface area contributed by atoms with Crippen molar-refractivity contribution in [2.45, 2.75) is 45.4 Å². The molecular formula is C25H29NO2. The summed E-state index contributed by atoms with van der Waals surface area (Å²) in [6.07, 6.45) is 5.67. The highest BCUT2D eigenvalue weighted by Crippen LogP contribution is 2.43. The molecule has 0 aliphatic heterocycles. The summed E-state index contributed by atoms with van der Waals surface area (Å²) in [6.45, 7) is 8.10. The van der Waals surface area contributed by atoms with Gasteiger partial charge in [-0.1, -0.05) is 78.9 Å². The van der Waals surface area contributed by atoms with Crippen LogP contribution in [0.5, 0.6) is 0 Å². The summed E-state index contributed by atoms with van der Waals surface area (Å²) < 4.78 is 0. The quantitative estimate of drug-likeness (QED) is 0.796. The van der Waals surface area contributed by atoms with Gasteiger partial charge < -0.3 is 10.0 Å². The Bertz CT molecular complexity index is 818. The van der Waals surface area contributed by atoms with Crippen molar-refractivity contribution in [3.8, 4) is 0 Å². The molecule has 2 aromatic carbocycles. The van der Waals surface area contributed by atoms with E-state index < -0.39 is 11.5 Å². The molecule has 2 aromatic rings. The molecule has 1 aliphatic carbocycles. The normalized spacial score (nSPS) is 16.5. The number of hydrogen-bond donors (Lipinski definition) is 1. The highest BCUT2D eigenvalue weighted by Gasteiger charge is 2.44. The first-order chi connectivity index (χ1) is 13.4. The summed E-state index contributed by atoms with van der Waals surface area (Å²) in [5.74, 6) is -0.477. The van der Waals surface area contributed by atoms with Crippen molar-refractivity contribution >= 4 is 5.91 Å². The molecule has 0 aromatic heterocycles. The topological polar surface area (TPSA) is 40.5 Å². The molecule has 0 fully saturated rings. The highest BCUT2D eigenvalue weighted by atomic mass is 16.3. The molecule has 0 bridgehead atoms. The molecule has 1 atom stereocenters. The SMILES string of the molecule is CC(C)N(C(=O)C1=CC=CC1C(O)(c1ccccc1)c1ccccc1)C(C)C. The van der Waals surface area contributed by atoms with Crippen LogP contribution in [-0.4, -0.2) is 28.0 Å². The molecule has 0 spiro atoms. The van der Waals surface area contributed by atoms with Crippen molar-refractivity contribution in [2.24, 2.45) is 5.92 Å². The Morgan fingerprint density at radius 1 is 0.893 bits per heavy atom. The fourth-order valence-corrected chi connectivity index (χ4v) is 4.17. The lowest BCUT2D eigenvalue weighted by Gasteiger charge is -2.38. The van der Waals surface area contributed by atoms with E-state index in [2.05, 4.69) is 0 Å². The lowest BCUT2D eigenvalue weighted by molar-refractivity contribution is -0.131. The van der Waals surface area contributed by atoms with Crippen LogP contribution in [0.2, 0.25) is 0 Å². The second-order valence-electron chi connectivity index (χ2n) is 7.88. The van der Waals surface area contributed by atoms with Crippen LogP contribution in [0.3, 0.4) is 0 Å². The van der Waals surface area contributed by atoms with Crippen molar-refractivity contribution in [3.05, 3.63) is 95.6 Å². The average Bonchev–Trinajstić information content (AvgIpc) is 3.18. The standard InChI is InChI=1S/C25H29NO2/c1-18(2)26(19(3)4)24(27)22-16-11-17-23(22)25(28,20-12-7-5-8-13-20)21-14-9-6-10-15-21/h5-19,23,28H,1-4H3. The van der Waals surface area contributed by atoms with E-state index in [4.69, 9.17) is 0 Å². The number of aliphatic hydroxyl groups is 1. The molecule has 1 unspecified atom stereocenters. The first-order valence-corrected chi connectivity index (χ1v) is 9.91. The van der Waals surface area contributed by atoms with Gasteiger partial charge in [-0.3, -0.25) is 4.79 Å². The summed E-state index contributed by atoms with van der Waals surface area (Å²) >= 11 is 0. The molecule has 0 heterocycles. The number of carbonyl (C=O) groups excluding carboxylic acids is 1. The first kappa shape index (κ1) is 20.1. The van der Waals surface area contributed by atoms with E-state index in [1.165, 1.54) is 0 Å². The largest absolute Gasteiger partial charge is 0.379 e. The smallest absolute Gasteiger partial charge is 0.250 e. The van der Waals surface area contributed by atoms with Gasteiger partial charge in [0.1, 0.15) is 5.60 Å². The summed E-state index contributed by atoms with van der Waals surface area (Å²) in [6, 6.07) is 19.4. The molecule has 1 amide bonds. The third kappa shape index (κ3) is 3.55. The Morgan fingerprint density at radius 3 is 1.79 bits per heavy atom. The van der Waals surface area contributed by atoms with Crippen LogP contribution >= 0.6 is 0 Å². The molecule has 0 saturated carbocycles. The fourth-order valence-electron chi connectivity index (χ4n) is 4.17. The number of amides is 1. The molecule has 3 nitrogen and oxygen atoms in total. The zero-order valence-corrected chi connectivity index (χ0v) is 17.0. The van der Waals surface area contributed by atoms with Crippen molar-refractivity contribution in [2.75, 3.05) is 0 Å². The predicted molar refractivity (Wildman–Crippen MR) is 114 cm³/mol. The van der Waals surface area contributed by atoms with Crippen LogP contribution in [0.1, 0.15) is 38.8 Å². The van der Waals surface area contributed by atoms with Gasteiger partial charge in [0.25, 0.3) is 5.91 Å². The minimum Gasteiger partial charge on any atom is -0.379 e.